The Labute approximate surface area is 160 Å². The van der Waals surface area contributed by atoms with E-state index < -0.39 is 10.0 Å². The van der Waals surface area contributed by atoms with Crippen LogP contribution in [-0.4, -0.2) is 56.8 Å². The molecule has 1 amide bonds. The van der Waals surface area contributed by atoms with Gasteiger partial charge in [0, 0.05) is 31.7 Å². The topological polar surface area (TPSA) is 66.9 Å². The smallest absolute Gasteiger partial charge is 0.253 e. The largest absolute Gasteiger partial charge is 0.497 e. The Kier molecular flexibility index (Phi) is 5.53. The Morgan fingerprint density at radius 3 is 2.04 bits per heavy atom. The number of aryl methyl sites for hydroxylation is 2. The molecule has 0 spiro atoms. The maximum Gasteiger partial charge on any atom is 0.253 e. The number of sulfonamides is 1. The molecule has 0 radical (unpaired) electrons. The van der Waals surface area contributed by atoms with Crippen LogP contribution in [0.25, 0.3) is 0 Å². The van der Waals surface area contributed by atoms with Crippen molar-refractivity contribution in [2.75, 3.05) is 33.3 Å². The van der Waals surface area contributed by atoms with Gasteiger partial charge in [-0.25, -0.2) is 8.42 Å². The average Bonchev–Trinajstić information content (AvgIpc) is 2.67. The predicted molar refractivity (Wildman–Crippen MR) is 104 cm³/mol. The molecule has 0 N–H and O–H groups in total. The van der Waals surface area contributed by atoms with Crippen LogP contribution in [-0.2, 0) is 10.0 Å². The molecular weight excluding hydrogens is 364 g/mol. The summed E-state index contributed by atoms with van der Waals surface area (Å²) < 4.78 is 33.0. The summed E-state index contributed by atoms with van der Waals surface area (Å²) in [4.78, 5) is 14.6. The van der Waals surface area contributed by atoms with E-state index in [4.69, 9.17) is 4.74 Å². The standard InChI is InChI=1S/C20H24N2O4S/c1-15-13-18(26-3)14-16(2)19(15)27(24,25)22-11-9-21(10-12-22)20(23)17-7-5-4-6-8-17/h4-8,13-14H,9-12H2,1-3H3. The highest BCUT2D eigenvalue weighted by Gasteiger charge is 2.32. The number of methoxy groups -OCH3 is 1. The molecule has 2 aromatic carbocycles. The molecule has 7 heteroatoms. The van der Waals surface area contributed by atoms with Gasteiger partial charge in [-0.05, 0) is 49.2 Å². The van der Waals surface area contributed by atoms with E-state index in [0.29, 0.717) is 40.4 Å². The first-order valence-corrected chi connectivity index (χ1v) is 10.3. The number of piperazine rings is 1. The van der Waals surface area contributed by atoms with E-state index in [1.165, 1.54) is 4.31 Å². The van der Waals surface area contributed by atoms with Crippen LogP contribution in [0.15, 0.2) is 47.4 Å². The monoisotopic (exact) mass is 388 g/mol. The average molecular weight is 388 g/mol. The molecule has 1 saturated heterocycles. The van der Waals surface area contributed by atoms with E-state index in [2.05, 4.69) is 0 Å². The quantitative estimate of drug-likeness (QED) is 0.807. The fourth-order valence-electron chi connectivity index (χ4n) is 3.46. The second kappa shape index (κ2) is 7.70. The van der Waals surface area contributed by atoms with Crippen LogP contribution in [0.4, 0.5) is 0 Å². The summed E-state index contributed by atoms with van der Waals surface area (Å²) in [5, 5.41) is 0. The fourth-order valence-corrected chi connectivity index (χ4v) is 5.29. The predicted octanol–water partition coefficient (Wildman–Crippen LogP) is 2.46. The third-order valence-corrected chi connectivity index (χ3v) is 7.02. The van der Waals surface area contributed by atoms with Gasteiger partial charge in [0.2, 0.25) is 10.0 Å². The van der Waals surface area contributed by atoms with Crippen molar-refractivity contribution in [2.24, 2.45) is 0 Å². The van der Waals surface area contributed by atoms with Gasteiger partial charge < -0.3 is 9.64 Å². The number of hydrogen-bond donors (Lipinski definition) is 0. The van der Waals surface area contributed by atoms with Crippen molar-refractivity contribution in [3.8, 4) is 5.75 Å². The van der Waals surface area contributed by atoms with Crippen LogP contribution in [0.5, 0.6) is 5.75 Å². The third kappa shape index (κ3) is 3.84. The summed E-state index contributed by atoms with van der Waals surface area (Å²) in [5.74, 6) is 0.576. The van der Waals surface area contributed by atoms with Gasteiger partial charge in [0.15, 0.2) is 0 Å². The lowest BCUT2D eigenvalue weighted by molar-refractivity contribution is 0.0698. The lowest BCUT2D eigenvalue weighted by Gasteiger charge is -2.34. The molecule has 27 heavy (non-hydrogen) atoms. The molecule has 0 aliphatic carbocycles. The summed E-state index contributed by atoms with van der Waals surface area (Å²) in [6.07, 6.45) is 0. The Morgan fingerprint density at radius 1 is 0.963 bits per heavy atom. The molecular formula is C20H24N2O4S. The minimum Gasteiger partial charge on any atom is -0.497 e. The van der Waals surface area contributed by atoms with Gasteiger partial charge in [-0.15, -0.1) is 0 Å². The number of benzene rings is 2. The number of carbonyl (C=O) groups is 1. The van der Waals surface area contributed by atoms with E-state index in [-0.39, 0.29) is 19.0 Å². The second-order valence-corrected chi connectivity index (χ2v) is 8.53. The Morgan fingerprint density at radius 2 is 1.52 bits per heavy atom. The summed E-state index contributed by atoms with van der Waals surface area (Å²) in [7, 11) is -2.06. The van der Waals surface area contributed by atoms with Crippen molar-refractivity contribution in [3.63, 3.8) is 0 Å². The van der Waals surface area contributed by atoms with E-state index in [1.54, 1.807) is 50.1 Å². The van der Waals surface area contributed by atoms with Crippen LogP contribution in [0.2, 0.25) is 0 Å². The Balaban J connectivity index is 1.77. The summed E-state index contributed by atoms with van der Waals surface area (Å²) in [6.45, 7) is 4.87. The lowest BCUT2D eigenvalue weighted by Crippen LogP contribution is -2.50. The molecule has 0 unspecified atom stereocenters. The van der Waals surface area contributed by atoms with Crippen molar-refractivity contribution < 1.29 is 17.9 Å². The molecule has 0 saturated carbocycles. The fraction of sp³-hybridized carbons (Fsp3) is 0.350. The van der Waals surface area contributed by atoms with E-state index in [0.717, 1.165) is 0 Å². The first-order valence-electron chi connectivity index (χ1n) is 8.84. The van der Waals surface area contributed by atoms with Gasteiger partial charge >= 0.3 is 0 Å². The number of ether oxygens (including phenoxy) is 1. The molecule has 1 fully saturated rings. The molecule has 1 aliphatic rings. The first-order chi connectivity index (χ1) is 12.8. The maximum absolute atomic E-state index is 13.2. The zero-order valence-corrected chi connectivity index (χ0v) is 16.6. The highest BCUT2D eigenvalue weighted by molar-refractivity contribution is 7.89. The molecule has 0 atom stereocenters. The number of amides is 1. The Hall–Kier alpha value is -2.38. The molecule has 3 rings (SSSR count). The van der Waals surface area contributed by atoms with E-state index >= 15 is 0 Å². The minimum absolute atomic E-state index is 0.0653. The maximum atomic E-state index is 13.2. The normalized spacial score (nSPS) is 15.6. The summed E-state index contributed by atoms with van der Waals surface area (Å²) >= 11 is 0. The molecule has 144 valence electrons. The number of hydrogen-bond acceptors (Lipinski definition) is 4. The van der Waals surface area contributed by atoms with Gasteiger partial charge in [0.05, 0.1) is 12.0 Å². The van der Waals surface area contributed by atoms with Crippen LogP contribution in [0.3, 0.4) is 0 Å². The highest BCUT2D eigenvalue weighted by atomic mass is 32.2. The molecule has 0 bridgehead atoms. The van der Waals surface area contributed by atoms with Crippen molar-refractivity contribution in [2.45, 2.75) is 18.7 Å². The van der Waals surface area contributed by atoms with Crippen molar-refractivity contribution in [3.05, 3.63) is 59.2 Å². The van der Waals surface area contributed by atoms with Gasteiger partial charge in [-0.1, -0.05) is 18.2 Å². The third-order valence-electron chi connectivity index (χ3n) is 4.81. The number of rotatable bonds is 4. The minimum atomic E-state index is -3.62. The van der Waals surface area contributed by atoms with Gasteiger partial charge in [-0.2, -0.15) is 4.31 Å². The van der Waals surface area contributed by atoms with Crippen LogP contribution >= 0.6 is 0 Å². The highest BCUT2D eigenvalue weighted by Crippen LogP contribution is 2.28. The second-order valence-electron chi connectivity index (χ2n) is 6.65. The van der Waals surface area contributed by atoms with Gasteiger partial charge in [0.1, 0.15) is 5.75 Å². The Bertz CT molecular complexity index is 911. The van der Waals surface area contributed by atoms with E-state index in [1.807, 2.05) is 18.2 Å². The van der Waals surface area contributed by atoms with Gasteiger partial charge in [0.25, 0.3) is 5.91 Å². The zero-order chi connectivity index (χ0) is 19.6. The van der Waals surface area contributed by atoms with Crippen molar-refractivity contribution in [1.29, 1.82) is 0 Å². The summed E-state index contributed by atoms with van der Waals surface area (Å²) in [5.41, 5.74) is 1.94. The molecule has 2 aromatic rings. The molecule has 1 aliphatic heterocycles. The molecule has 1 heterocycles. The van der Waals surface area contributed by atoms with Crippen LogP contribution in [0.1, 0.15) is 21.5 Å². The van der Waals surface area contributed by atoms with E-state index in [9.17, 15) is 13.2 Å². The van der Waals surface area contributed by atoms with Gasteiger partial charge in [-0.3, -0.25) is 4.79 Å². The number of carbonyl (C=O) groups excluding carboxylic acids is 1. The van der Waals surface area contributed by atoms with Crippen LogP contribution < -0.4 is 4.74 Å². The number of nitrogens with zero attached hydrogens (tertiary/aromatic N) is 2. The zero-order valence-electron chi connectivity index (χ0n) is 15.8. The molecule has 0 aromatic heterocycles. The molecule has 6 nitrogen and oxygen atoms in total. The first kappa shape index (κ1) is 19.4. The van der Waals surface area contributed by atoms with Crippen LogP contribution in [0, 0.1) is 13.8 Å². The SMILES string of the molecule is COc1cc(C)c(S(=O)(=O)N2CCN(C(=O)c3ccccc3)CC2)c(C)c1. The van der Waals surface area contributed by atoms with Crippen molar-refractivity contribution >= 4 is 15.9 Å². The summed E-state index contributed by atoms with van der Waals surface area (Å²) in [6, 6.07) is 12.5. The van der Waals surface area contributed by atoms with Crippen molar-refractivity contribution in [1.82, 2.24) is 9.21 Å². The lowest BCUT2D eigenvalue weighted by atomic mass is 10.1.